The van der Waals surface area contributed by atoms with Gasteiger partial charge in [-0.3, -0.25) is 9.59 Å². The Hall–Kier alpha value is -2.82. The Morgan fingerprint density at radius 2 is 1.96 bits per heavy atom. The summed E-state index contributed by atoms with van der Waals surface area (Å²) in [5.74, 6) is 0.0762. The van der Waals surface area contributed by atoms with E-state index in [0.717, 1.165) is 5.56 Å². The van der Waals surface area contributed by atoms with Gasteiger partial charge in [-0.1, -0.05) is 30.3 Å². The molecular weight excluding hydrogens is 308 g/mol. The number of carbonyl (C=O) groups is 2. The molecule has 1 aliphatic heterocycles. The molecule has 24 heavy (non-hydrogen) atoms. The highest BCUT2D eigenvalue weighted by Crippen LogP contribution is 2.37. The topological polar surface area (TPSA) is 61.8 Å². The van der Waals surface area contributed by atoms with E-state index >= 15 is 0 Å². The molecule has 0 saturated heterocycles. The number of Topliss-reactive ketones (excluding diaryl/α,β-unsaturated/α-hetero) is 1. The third-order valence-electron chi connectivity index (χ3n) is 4.11. The summed E-state index contributed by atoms with van der Waals surface area (Å²) in [4.78, 5) is 25.3. The summed E-state index contributed by atoms with van der Waals surface area (Å²) in [5, 5.41) is 0. The second-order valence-electron chi connectivity index (χ2n) is 5.87. The maximum absolute atomic E-state index is 12.8. The summed E-state index contributed by atoms with van der Waals surface area (Å²) in [6.45, 7) is 1.62. The van der Waals surface area contributed by atoms with Crippen LogP contribution in [0.5, 0.6) is 11.5 Å². The Morgan fingerprint density at radius 3 is 2.67 bits per heavy atom. The summed E-state index contributed by atoms with van der Waals surface area (Å²) < 4.78 is 16.1. The molecule has 1 unspecified atom stereocenters. The molecule has 0 amide bonds. The third-order valence-corrected chi connectivity index (χ3v) is 4.11. The van der Waals surface area contributed by atoms with E-state index in [-0.39, 0.29) is 19.0 Å². The first-order chi connectivity index (χ1) is 11.5. The van der Waals surface area contributed by atoms with Gasteiger partial charge in [-0.2, -0.15) is 0 Å². The number of rotatable bonds is 4. The molecule has 0 aliphatic carbocycles. The minimum absolute atomic E-state index is 0.0429. The van der Waals surface area contributed by atoms with Crippen LogP contribution >= 0.6 is 0 Å². The largest absolute Gasteiger partial charge is 0.497 e. The molecule has 3 rings (SSSR count). The first-order valence-corrected chi connectivity index (χ1v) is 7.61. The Balaban J connectivity index is 1.79. The highest BCUT2D eigenvalue weighted by Gasteiger charge is 2.48. The van der Waals surface area contributed by atoms with Gasteiger partial charge in [-0.05, 0) is 30.7 Å². The molecule has 0 aromatic heterocycles. The van der Waals surface area contributed by atoms with Gasteiger partial charge in [-0.15, -0.1) is 0 Å². The second kappa shape index (κ2) is 6.35. The van der Waals surface area contributed by atoms with Crippen molar-refractivity contribution in [1.29, 1.82) is 0 Å². The van der Waals surface area contributed by atoms with Gasteiger partial charge in [0.1, 0.15) is 24.7 Å². The Bertz CT molecular complexity index is 769. The molecule has 0 radical (unpaired) electrons. The molecule has 0 N–H and O–H groups in total. The minimum atomic E-state index is -1.37. The first-order valence-electron chi connectivity index (χ1n) is 7.61. The van der Waals surface area contributed by atoms with Crippen LogP contribution in [0.1, 0.15) is 22.8 Å². The van der Waals surface area contributed by atoms with Crippen molar-refractivity contribution in [2.24, 2.45) is 5.41 Å². The van der Waals surface area contributed by atoms with Crippen LogP contribution in [0.3, 0.4) is 0 Å². The van der Waals surface area contributed by atoms with Gasteiger partial charge in [0.05, 0.1) is 12.7 Å². The summed E-state index contributed by atoms with van der Waals surface area (Å²) in [7, 11) is 1.52. The van der Waals surface area contributed by atoms with Gasteiger partial charge in [-0.25, -0.2) is 0 Å². The average molecular weight is 326 g/mol. The van der Waals surface area contributed by atoms with Gasteiger partial charge in [0, 0.05) is 0 Å². The molecule has 0 bridgehead atoms. The molecule has 1 aliphatic rings. The van der Waals surface area contributed by atoms with E-state index in [2.05, 4.69) is 0 Å². The van der Waals surface area contributed by atoms with Crippen LogP contribution in [0, 0.1) is 5.41 Å². The molecule has 5 heteroatoms. The lowest BCUT2D eigenvalue weighted by Crippen LogP contribution is -2.45. The number of hydrogen-bond donors (Lipinski definition) is 0. The summed E-state index contributed by atoms with van der Waals surface area (Å²) in [5.41, 5.74) is -0.172. The first kappa shape index (κ1) is 16.1. The van der Waals surface area contributed by atoms with Crippen molar-refractivity contribution in [3.8, 4) is 11.5 Å². The Labute approximate surface area is 140 Å². The highest BCUT2D eigenvalue weighted by atomic mass is 16.5. The standard InChI is InChI=1S/C19H18O5/c1-19(18(21)23-11-13-6-4-3-5-7-13)12-24-16-9-8-14(22-2)10-15(16)17(19)20/h3-10H,11-12H2,1-2H3. The SMILES string of the molecule is COc1ccc2c(c1)C(=O)C(C)(C(=O)OCc1ccccc1)CO2. The molecule has 5 nitrogen and oxygen atoms in total. The molecule has 0 spiro atoms. The summed E-state index contributed by atoms with van der Waals surface area (Å²) in [6, 6.07) is 14.3. The maximum atomic E-state index is 12.8. The van der Waals surface area contributed by atoms with E-state index in [1.807, 2.05) is 30.3 Å². The number of ketones is 1. The van der Waals surface area contributed by atoms with Gasteiger partial charge in [0.2, 0.25) is 0 Å². The highest BCUT2D eigenvalue weighted by molar-refractivity contribution is 6.14. The number of esters is 1. The smallest absolute Gasteiger partial charge is 0.323 e. The van der Waals surface area contributed by atoms with E-state index in [1.165, 1.54) is 7.11 Å². The van der Waals surface area contributed by atoms with Crippen LogP contribution in [0.2, 0.25) is 0 Å². The zero-order valence-corrected chi connectivity index (χ0v) is 13.6. The summed E-state index contributed by atoms with van der Waals surface area (Å²) in [6.07, 6.45) is 0. The number of carbonyl (C=O) groups excluding carboxylic acids is 2. The van der Waals surface area contributed by atoms with Crippen molar-refractivity contribution in [2.75, 3.05) is 13.7 Å². The Morgan fingerprint density at radius 1 is 1.21 bits per heavy atom. The molecule has 0 saturated carbocycles. The van der Waals surface area contributed by atoms with Crippen LogP contribution in [0.25, 0.3) is 0 Å². The van der Waals surface area contributed by atoms with E-state index < -0.39 is 11.4 Å². The molecule has 124 valence electrons. The molecule has 1 atom stereocenters. The van der Waals surface area contributed by atoms with E-state index in [1.54, 1.807) is 25.1 Å². The predicted molar refractivity (Wildman–Crippen MR) is 87.2 cm³/mol. The van der Waals surface area contributed by atoms with Crippen molar-refractivity contribution >= 4 is 11.8 Å². The zero-order chi connectivity index (χ0) is 17.2. The molecule has 2 aromatic carbocycles. The van der Waals surface area contributed by atoms with Crippen molar-refractivity contribution in [3.05, 3.63) is 59.7 Å². The lowest BCUT2D eigenvalue weighted by molar-refractivity contribution is -0.155. The number of ether oxygens (including phenoxy) is 3. The van der Waals surface area contributed by atoms with Gasteiger partial charge < -0.3 is 14.2 Å². The number of methoxy groups -OCH3 is 1. The van der Waals surface area contributed by atoms with Crippen molar-refractivity contribution in [2.45, 2.75) is 13.5 Å². The molecule has 2 aromatic rings. The molecule has 0 fully saturated rings. The van der Waals surface area contributed by atoms with Crippen LogP contribution in [0.4, 0.5) is 0 Å². The van der Waals surface area contributed by atoms with Gasteiger partial charge >= 0.3 is 5.97 Å². The number of fused-ring (bicyclic) bond motifs is 1. The van der Waals surface area contributed by atoms with Gasteiger partial charge in [0.15, 0.2) is 11.2 Å². The second-order valence-corrected chi connectivity index (χ2v) is 5.87. The lowest BCUT2D eigenvalue weighted by Gasteiger charge is -2.31. The summed E-state index contributed by atoms with van der Waals surface area (Å²) >= 11 is 0. The monoisotopic (exact) mass is 326 g/mol. The van der Waals surface area contributed by atoms with Crippen molar-refractivity contribution < 1.29 is 23.8 Å². The van der Waals surface area contributed by atoms with Crippen LogP contribution in [0.15, 0.2) is 48.5 Å². The van der Waals surface area contributed by atoms with Crippen LogP contribution in [-0.4, -0.2) is 25.5 Å². The maximum Gasteiger partial charge on any atom is 0.323 e. The van der Waals surface area contributed by atoms with Crippen LogP contribution in [-0.2, 0) is 16.1 Å². The third kappa shape index (κ3) is 2.85. The fourth-order valence-electron chi connectivity index (χ4n) is 2.56. The quantitative estimate of drug-likeness (QED) is 0.638. The van der Waals surface area contributed by atoms with E-state index in [0.29, 0.717) is 17.1 Å². The fourth-order valence-corrected chi connectivity index (χ4v) is 2.56. The molecule has 1 heterocycles. The van der Waals surface area contributed by atoms with Crippen molar-refractivity contribution in [3.63, 3.8) is 0 Å². The number of benzene rings is 2. The molecular formula is C19H18O5. The normalized spacial score (nSPS) is 19.2. The fraction of sp³-hybridized carbons (Fsp3) is 0.263. The minimum Gasteiger partial charge on any atom is -0.497 e. The van der Waals surface area contributed by atoms with Crippen molar-refractivity contribution in [1.82, 2.24) is 0 Å². The zero-order valence-electron chi connectivity index (χ0n) is 13.6. The van der Waals surface area contributed by atoms with Crippen LogP contribution < -0.4 is 9.47 Å². The predicted octanol–water partition coefficient (Wildman–Crippen LogP) is 3.02. The van der Waals surface area contributed by atoms with E-state index in [4.69, 9.17) is 14.2 Å². The lowest BCUT2D eigenvalue weighted by atomic mass is 9.81. The number of hydrogen-bond acceptors (Lipinski definition) is 5. The van der Waals surface area contributed by atoms with Gasteiger partial charge in [0.25, 0.3) is 0 Å². The Kier molecular flexibility index (Phi) is 4.25. The van der Waals surface area contributed by atoms with E-state index in [9.17, 15) is 9.59 Å². The average Bonchev–Trinajstić information content (AvgIpc) is 2.63.